The van der Waals surface area contributed by atoms with E-state index in [9.17, 15) is 12.9 Å². The van der Waals surface area contributed by atoms with Crippen molar-refractivity contribution in [2.24, 2.45) is 0 Å². The molecule has 2 nitrogen and oxygen atoms in total. The molecular formula is C6H3BF3KN2. The van der Waals surface area contributed by atoms with Crippen LogP contribution in [0, 0.1) is 17.4 Å². The zero-order valence-electron chi connectivity index (χ0n) is 6.84. The molecule has 0 spiro atoms. The van der Waals surface area contributed by atoms with Crippen molar-refractivity contribution in [3.63, 3.8) is 0 Å². The summed E-state index contributed by atoms with van der Waals surface area (Å²) in [4.78, 5) is 3.68. The van der Waals surface area contributed by atoms with Gasteiger partial charge in [-0.05, 0) is 6.20 Å². The Morgan fingerprint density at radius 1 is 1.46 bits per heavy atom. The average molecular weight is 210 g/mol. The predicted octanol–water partition coefficient (Wildman–Crippen LogP) is -1.36. The molecule has 62 valence electrons. The summed E-state index contributed by atoms with van der Waals surface area (Å²) in [5.74, 6) is 0. The summed E-state index contributed by atoms with van der Waals surface area (Å²) in [7, 11) is -3.67. The molecule has 1 aromatic heterocycles. The van der Waals surface area contributed by atoms with E-state index in [2.05, 4.69) is 11.1 Å². The van der Waals surface area contributed by atoms with Crippen molar-refractivity contribution in [3.8, 4) is 6.07 Å². The van der Waals surface area contributed by atoms with E-state index in [0.717, 1.165) is 0 Å². The number of nitriles is 1. The van der Waals surface area contributed by atoms with Crippen molar-refractivity contribution in [2.45, 2.75) is 0 Å². The fourth-order valence-corrected chi connectivity index (χ4v) is 0.386. The van der Waals surface area contributed by atoms with Crippen LogP contribution in [0.3, 0.4) is 0 Å². The third-order valence-electron chi connectivity index (χ3n) is 0.731. The number of hydrogen-bond acceptors (Lipinski definition) is 2. The van der Waals surface area contributed by atoms with E-state index in [1.165, 1.54) is 12.4 Å². The van der Waals surface area contributed by atoms with E-state index >= 15 is 0 Å². The minimum Gasteiger partial charge on any atom is -0.303 e. The molecule has 0 unspecified atom stereocenters. The first-order valence-corrected chi connectivity index (χ1v) is 2.80. The molecule has 0 atom stereocenters. The van der Waals surface area contributed by atoms with Gasteiger partial charge >= 0.3 is 58.9 Å². The molecule has 0 aliphatic carbocycles. The molecule has 0 fully saturated rings. The van der Waals surface area contributed by atoms with Gasteiger partial charge in [-0.2, -0.15) is 0 Å². The van der Waals surface area contributed by atoms with Crippen molar-refractivity contribution < 1.29 is 64.3 Å². The average Bonchev–Trinajstić information content (AvgIpc) is 2.05. The smallest absolute Gasteiger partial charge is 0.303 e. The quantitative estimate of drug-likeness (QED) is 0.391. The van der Waals surface area contributed by atoms with E-state index < -0.39 is 7.54 Å². The molecule has 0 saturated heterocycles. The van der Waals surface area contributed by atoms with Crippen LogP contribution in [0.15, 0.2) is 18.5 Å². The van der Waals surface area contributed by atoms with Gasteiger partial charge in [-0.1, -0.05) is 11.8 Å². The molecule has 1 rings (SSSR count). The summed E-state index contributed by atoms with van der Waals surface area (Å²) in [5.41, 5.74) is 0.549. The first-order chi connectivity index (χ1) is 5.66. The maximum absolute atomic E-state index is 9.67. The van der Waals surface area contributed by atoms with Gasteiger partial charge in [0.15, 0.2) is 0 Å². The second kappa shape index (κ2) is 10.2. The van der Waals surface area contributed by atoms with Crippen molar-refractivity contribution in [1.29, 1.82) is 5.26 Å². The van der Waals surface area contributed by atoms with Crippen LogP contribution in [-0.4, -0.2) is 12.5 Å². The van der Waals surface area contributed by atoms with Crippen molar-refractivity contribution in [3.05, 3.63) is 30.1 Å². The molecule has 13 heavy (non-hydrogen) atoms. The third kappa shape index (κ3) is 12.1. The van der Waals surface area contributed by atoms with Crippen LogP contribution in [-0.2, 0) is 0 Å². The molecular weight excluding hydrogens is 207 g/mol. The van der Waals surface area contributed by atoms with Crippen LogP contribution >= 0.6 is 0 Å². The molecule has 0 aromatic carbocycles. The Kier molecular flexibility index (Phi) is 12.3. The third-order valence-corrected chi connectivity index (χ3v) is 0.731. The number of pyridine rings is 1. The molecule has 0 radical (unpaired) electrons. The largest absolute Gasteiger partial charge is 1.00 e. The maximum atomic E-state index is 9.67. The molecule has 7 heteroatoms. The Morgan fingerprint density at radius 2 is 2.00 bits per heavy atom. The molecule has 0 N–H and O–H groups in total. The summed E-state index contributed by atoms with van der Waals surface area (Å²) in [6.07, 6.45) is 3.01. The summed E-state index contributed by atoms with van der Waals surface area (Å²) < 4.78 is 29.0. The van der Waals surface area contributed by atoms with Gasteiger partial charge in [0.2, 0.25) is 0 Å². The van der Waals surface area contributed by atoms with Crippen LogP contribution in [0.25, 0.3) is 0 Å². The summed E-state index contributed by atoms with van der Waals surface area (Å²) >= 11 is 0. The van der Waals surface area contributed by atoms with Crippen LogP contribution in [0.4, 0.5) is 12.9 Å². The second-order valence-electron chi connectivity index (χ2n) is 1.53. The van der Waals surface area contributed by atoms with Crippen LogP contribution in [0.2, 0.25) is 0 Å². The minimum absolute atomic E-state index is 0. The van der Waals surface area contributed by atoms with Crippen molar-refractivity contribution in [2.75, 3.05) is 0 Å². The number of halogens is 3. The Balaban J connectivity index is 0. The SMILES string of the molecule is FB(F)F.N#Cc1c[c-]cnc1.[K+]. The predicted molar refractivity (Wildman–Crippen MR) is 36.9 cm³/mol. The topological polar surface area (TPSA) is 36.7 Å². The summed E-state index contributed by atoms with van der Waals surface area (Å²) in [6.45, 7) is 0. The monoisotopic (exact) mass is 210 g/mol. The Labute approximate surface area is 117 Å². The van der Waals surface area contributed by atoms with Gasteiger partial charge in [0.05, 0.1) is 0 Å². The molecule has 1 aromatic rings. The van der Waals surface area contributed by atoms with E-state index in [1.54, 1.807) is 6.07 Å². The van der Waals surface area contributed by atoms with E-state index in [-0.39, 0.29) is 51.4 Å². The first-order valence-electron chi connectivity index (χ1n) is 2.80. The minimum atomic E-state index is -3.67. The number of rotatable bonds is 0. The van der Waals surface area contributed by atoms with Crippen molar-refractivity contribution >= 4 is 7.54 Å². The molecule has 0 amide bonds. The van der Waals surface area contributed by atoms with E-state index in [1.807, 2.05) is 6.07 Å². The maximum Gasteiger partial charge on any atom is 1.00 e. The zero-order chi connectivity index (χ0) is 9.40. The zero-order valence-corrected chi connectivity index (χ0v) is 9.96. The fourth-order valence-electron chi connectivity index (χ4n) is 0.386. The first kappa shape index (κ1) is 15.6. The van der Waals surface area contributed by atoms with Gasteiger partial charge in [-0.15, -0.1) is 0 Å². The number of aromatic nitrogens is 1. The van der Waals surface area contributed by atoms with Gasteiger partial charge in [0.25, 0.3) is 0 Å². The van der Waals surface area contributed by atoms with Crippen LogP contribution in [0.5, 0.6) is 0 Å². The Morgan fingerprint density at radius 3 is 2.23 bits per heavy atom. The van der Waals surface area contributed by atoms with Gasteiger partial charge in [0.1, 0.15) is 0 Å². The molecule has 0 aliphatic heterocycles. The molecule has 0 saturated carbocycles. The standard InChI is InChI=1S/C6H3N2.BF3.K/c7-4-6-2-1-3-8-5-6;2-1(3)4;/h2-3,5H;;/q-1;;+1. The van der Waals surface area contributed by atoms with Crippen LogP contribution in [0.1, 0.15) is 5.56 Å². The van der Waals surface area contributed by atoms with E-state index in [4.69, 9.17) is 5.26 Å². The number of hydrogen-bond donors (Lipinski definition) is 0. The normalized spacial score (nSPS) is 6.92. The van der Waals surface area contributed by atoms with Gasteiger partial charge in [-0.3, -0.25) is 12.9 Å². The van der Waals surface area contributed by atoms with Gasteiger partial charge in [0, 0.05) is 6.07 Å². The van der Waals surface area contributed by atoms with Gasteiger partial charge < -0.3 is 4.98 Å². The van der Waals surface area contributed by atoms with E-state index in [0.29, 0.717) is 5.56 Å². The van der Waals surface area contributed by atoms with Crippen molar-refractivity contribution in [1.82, 2.24) is 4.98 Å². The Bertz CT molecular complexity index is 249. The summed E-state index contributed by atoms with van der Waals surface area (Å²) in [6, 6.07) is 6.20. The molecule has 0 bridgehead atoms. The second-order valence-corrected chi connectivity index (χ2v) is 1.53. The molecule has 0 aliphatic rings. The number of nitrogens with zero attached hydrogens (tertiary/aromatic N) is 2. The molecule has 1 heterocycles. The Hall–Kier alpha value is 0.131. The van der Waals surface area contributed by atoms with Crippen LogP contribution < -0.4 is 51.4 Å². The fraction of sp³-hybridized carbons (Fsp3) is 0. The summed E-state index contributed by atoms with van der Waals surface area (Å²) in [5, 5.41) is 8.23. The van der Waals surface area contributed by atoms with Gasteiger partial charge in [-0.25, -0.2) is 17.4 Å².